The van der Waals surface area contributed by atoms with Gasteiger partial charge < -0.3 is 9.84 Å². The quantitative estimate of drug-likeness (QED) is 0.662. The molecule has 0 saturated heterocycles. The van der Waals surface area contributed by atoms with Gasteiger partial charge in [-0.15, -0.1) is 0 Å². The van der Waals surface area contributed by atoms with Gasteiger partial charge in [0.2, 0.25) is 0 Å². The Labute approximate surface area is 63.8 Å². The zero-order valence-electron chi connectivity index (χ0n) is 6.37. The van der Waals surface area contributed by atoms with Crippen LogP contribution in [0.1, 0.15) is 24.5 Å². The maximum atomic E-state index is 11.0. The number of amides is 1. The van der Waals surface area contributed by atoms with Crippen LogP contribution in [0, 0.1) is 0 Å². The van der Waals surface area contributed by atoms with E-state index in [1.807, 2.05) is 13.8 Å². The van der Waals surface area contributed by atoms with E-state index in [1.165, 1.54) is 6.33 Å². The fourth-order valence-electron chi connectivity index (χ4n) is 0.597. The molecular weight excluding hydrogens is 146 g/mol. The van der Waals surface area contributed by atoms with Gasteiger partial charge in [-0.2, -0.15) is 4.98 Å². The number of rotatable bonds is 2. The van der Waals surface area contributed by atoms with E-state index in [-0.39, 0.29) is 17.8 Å². The number of aromatic nitrogens is 2. The van der Waals surface area contributed by atoms with Crippen molar-refractivity contribution in [3.05, 3.63) is 12.2 Å². The first-order chi connectivity index (χ1) is 5.20. The van der Waals surface area contributed by atoms with Crippen molar-refractivity contribution in [2.24, 2.45) is 0 Å². The van der Waals surface area contributed by atoms with Crippen molar-refractivity contribution < 1.29 is 9.32 Å². The molecule has 0 bridgehead atoms. The monoisotopic (exact) mass is 155 g/mol. The number of carbonyl (C=O) groups is 1. The minimum Gasteiger partial charge on any atom is -0.346 e. The molecule has 0 unspecified atom stereocenters. The molecule has 0 fully saturated rings. The highest BCUT2D eigenvalue weighted by atomic mass is 16.5. The maximum Gasteiger partial charge on any atom is 0.315 e. The lowest BCUT2D eigenvalue weighted by molar-refractivity contribution is 0.0899. The zero-order valence-corrected chi connectivity index (χ0v) is 6.37. The van der Waals surface area contributed by atoms with Gasteiger partial charge in [0.25, 0.3) is 0 Å². The molecule has 1 aromatic heterocycles. The minimum atomic E-state index is -0.336. The van der Waals surface area contributed by atoms with Crippen molar-refractivity contribution in [3.8, 4) is 0 Å². The summed E-state index contributed by atoms with van der Waals surface area (Å²) in [5.74, 6) is -0.337. The van der Waals surface area contributed by atoms with Gasteiger partial charge in [0, 0.05) is 6.04 Å². The molecule has 1 amide bonds. The van der Waals surface area contributed by atoms with E-state index >= 15 is 0 Å². The summed E-state index contributed by atoms with van der Waals surface area (Å²) in [4.78, 5) is 14.6. The zero-order chi connectivity index (χ0) is 8.27. The highest BCUT2D eigenvalue weighted by Gasteiger charge is 2.11. The molecule has 1 rings (SSSR count). The summed E-state index contributed by atoms with van der Waals surface area (Å²) in [5.41, 5.74) is 0. The summed E-state index contributed by atoms with van der Waals surface area (Å²) >= 11 is 0. The lowest BCUT2D eigenvalue weighted by Crippen LogP contribution is -2.30. The summed E-state index contributed by atoms with van der Waals surface area (Å²) in [7, 11) is 0. The molecule has 0 atom stereocenters. The second-order valence-corrected chi connectivity index (χ2v) is 2.37. The van der Waals surface area contributed by atoms with Gasteiger partial charge in [-0.1, -0.05) is 5.16 Å². The van der Waals surface area contributed by atoms with E-state index in [1.54, 1.807) is 0 Å². The molecule has 1 N–H and O–H groups in total. The van der Waals surface area contributed by atoms with Crippen molar-refractivity contribution in [1.82, 2.24) is 15.5 Å². The van der Waals surface area contributed by atoms with Crippen molar-refractivity contribution >= 4 is 5.91 Å². The van der Waals surface area contributed by atoms with Crippen LogP contribution in [0.3, 0.4) is 0 Å². The largest absolute Gasteiger partial charge is 0.346 e. The van der Waals surface area contributed by atoms with E-state index in [0.29, 0.717) is 0 Å². The van der Waals surface area contributed by atoms with Crippen LogP contribution in [-0.2, 0) is 0 Å². The lowest BCUT2D eigenvalue weighted by Gasteiger charge is -2.03. The van der Waals surface area contributed by atoms with Crippen LogP contribution < -0.4 is 5.32 Å². The number of nitrogens with one attached hydrogen (secondary N) is 1. The molecule has 0 aliphatic rings. The summed E-state index contributed by atoms with van der Waals surface area (Å²) in [6.07, 6.45) is 1.19. The summed E-state index contributed by atoms with van der Waals surface area (Å²) in [5, 5.41) is 5.91. The van der Waals surface area contributed by atoms with Crippen LogP contribution >= 0.6 is 0 Å². The molecule has 5 heteroatoms. The fraction of sp³-hybridized carbons (Fsp3) is 0.500. The number of carbonyl (C=O) groups excluding carboxylic acids is 1. The maximum absolute atomic E-state index is 11.0. The summed E-state index contributed by atoms with van der Waals surface area (Å²) in [6, 6.07) is 0.0781. The summed E-state index contributed by atoms with van der Waals surface area (Å²) < 4.78 is 4.52. The minimum absolute atomic E-state index is 0.00120. The average molecular weight is 155 g/mol. The predicted octanol–water partition coefficient (Wildman–Crippen LogP) is 0.208. The van der Waals surface area contributed by atoms with Gasteiger partial charge in [0.1, 0.15) is 0 Å². The SMILES string of the molecule is CC(C)NC(=O)c1ncno1. The Balaban J connectivity index is 2.57. The number of nitrogens with zero attached hydrogens (tertiary/aromatic N) is 2. The Kier molecular flexibility index (Phi) is 2.20. The first-order valence-corrected chi connectivity index (χ1v) is 3.27. The van der Waals surface area contributed by atoms with Crippen LogP contribution in [0.5, 0.6) is 0 Å². The molecule has 1 aromatic rings. The Morgan fingerprint density at radius 3 is 2.91 bits per heavy atom. The standard InChI is InChI=1S/C6H9N3O2/c1-4(2)9-5(10)6-7-3-8-11-6/h3-4H,1-2H3,(H,9,10). The van der Waals surface area contributed by atoms with Gasteiger partial charge in [0.05, 0.1) is 0 Å². The topological polar surface area (TPSA) is 68.0 Å². The third kappa shape index (κ3) is 2.03. The van der Waals surface area contributed by atoms with Crippen LogP contribution in [0.25, 0.3) is 0 Å². The van der Waals surface area contributed by atoms with Crippen molar-refractivity contribution in [2.75, 3.05) is 0 Å². The van der Waals surface area contributed by atoms with Gasteiger partial charge in [-0.3, -0.25) is 4.79 Å². The third-order valence-corrected chi connectivity index (χ3v) is 0.975. The second kappa shape index (κ2) is 3.14. The summed E-state index contributed by atoms with van der Waals surface area (Å²) in [6.45, 7) is 3.71. The Bertz CT molecular complexity index is 230. The van der Waals surface area contributed by atoms with Crippen molar-refractivity contribution in [3.63, 3.8) is 0 Å². The van der Waals surface area contributed by atoms with Gasteiger partial charge in [0.15, 0.2) is 6.33 Å². The number of hydrogen-bond acceptors (Lipinski definition) is 4. The fourth-order valence-corrected chi connectivity index (χ4v) is 0.597. The van der Waals surface area contributed by atoms with Gasteiger partial charge >= 0.3 is 11.8 Å². The van der Waals surface area contributed by atoms with Crippen LogP contribution in [-0.4, -0.2) is 22.1 Å². The van der Waals surface area contributed by atoms with Crippen LogP contribution in [0.2, 0.25) is 0 Å². The predicted molar refractivity (Wildman–Crippen MR) is 36.9 cm³/mol. The smallest absolute Gasteiger partial charge is 0.315 e. The highest BCUT2D eigenvalue weighted by molar-refractivity contribution is 5.89. The van der Waals surface area contributed by atoms with Crippen molar-refractivity contribution in [2.45, 2.75) is 19.9 Å². The van der Waals surface area contributed by atoms with E-state index in [0.717, 1.165) is 0 Å². The van der Waals surface area contributed by atoms with E-state index < -0.39 is 0 Å². The first kappa shape index (κ1) is 7.71. The molecule has 0 radical (unpaired) electrons. The normalized spacial score (nSPS) is 10.1. The Hall–Kier alpha value is -1.39. The first-order valence-electron chi connectivity index (χ1n) is 3.27. The highest BCUT2D eigenvalue weighted by Crippen LogP contribution is 1.90. The molecule has 0 spiro atoms. The van der Waals surface area contributed by atoms with E-state index in [2.05, 4.69) is 20.0 Å². The molecular formula is C6H9N3O2. The molecule has 60 valence electrons. The Morgan fingerprint density at radius 2 is 2.45 bits per heavy atom. The van der Waals surface area contributed by atoms with Crippen molar-refractivity contribution in [1.29, 1.82) is 0 Å². The molecule has 0 aromatic carbocycles. The number of hydrogen-bond donors (Lipinski definition) is 1. The van der Waals surface area contributed by atoms with Gasteiger partial charge in [-0.05, 0) is 13.8 Å². The Morgan fingerprint density at radius 1 is 1.73 bits per heavy atom. The lowest BCUT2D eigenvalue weighted by atomic mass is 10.4. The molecule has 1 heterocycles. The molecule has 11 heavy (non-hydrogen) atoms. The molecule has 0 aliphatic carbocycles. The average Bonchev–Trinajstić information content (AvgIpc) is 2.35. The van der Waals surface area contributed by atoms with Crippen LogP contribution in [0.4, 0.5) is 0 Å². The molecule has 5 nitrogen and oxygen atoms in total. The molecule has 0 aliphatic heterocycles. The van der Waals surface area contributed by atoms with Gasteiger partial charge in [-0.25, -0.2) is 0 Å². The third-order valence-electron chi connectivity index (χ3n) is 0.975. The van der Waals surface area contributed by atoms with E-state index in [4.69, 9.17) is 0 Å². The molecule has 0 saturated carbocycles. The van der Waals surface area contributed by atoms with E-state index in [9.17, 15) is 4.79 Å². The van der Waals surface area contributed by atoms with Crippen LogP contribution in [0.15, 0.2) is 10.9 Å². The second-order valence-electron chi connectivity index (χ2n) is 2.37.